The molecule has 0 unspecified atom stereocenters. The van der Waals surface area contributed by atoms with E-state index in [1.54, 1.807) is 13.2 Å². The van der Waals surface area contributed by atoms with E-state index in [1.165, 1.54) is 0 Å². The maximum Gasteiger partial charge on any atom is 0.229 e. The molecule has 0 spiro atoms. The first-order valence-corrected chi connectivity index (χ1v) is 7.99. The largest absolute Gasteiger partial charge is 0.487 e. The van der Waals surface area contributed by atoms with E-state index in [9.17, 15) is 5.11 Å². The van der Waals surface area contributed by atoms with Gasteiger partial charge in [0.2, 0.25) is 11.8 Å². The minimum Gasteiger partial charge on any atom is -0.487 e. The van der Waals surface area contributed by atoms with Crippen molar-refractivity contribution in [2.45, 2.75) is 13.2 Å². The molecule has 3 rings (SSSR count). The second kappa shape index (κ2) is 7.94. The lowest BCUT2D eigenvalue weighted by atomic mass is 10.2. The third-order valence-electron chi connectivity index (χ3n) is 3.87. The van der Waals surface area contributed by atoms with Gasteiger partial charge in [0, 0.05) is 37.8 Å². The Labute approximate surface area is 141 Å². The summed E-state index contributed by atoms with van der Waals surface area (Å²) in [5.41, 5.74) is 1.49. The van der Waals surface area contributed by atoms with Crippen molar-refractivity contribution >= 4 is 5.95 Å². The van der Waals surface area contributed by atoms with E-state index < -0.39 is 0 Å². The Morgan fingerprint density at radius 2 is 2.00 bits per heavy atom. The summed E-state index contributed by atoms with van der Waals surface area (Å²) in [6.45, 7) is 3.78. The van der Waals surface area contributed by atoms with Crippen LogP contribution in [0.1, 0.15) is 11.3 Å². The second-order valence-corrected chi connectivity index (χ2v) is 5.49. The van der Waals surface area contributed by atoms with E-state index >= 15 is 0 Å². The predicted octanol–water partition coefficient (Wildman–Crippen LogP) is 0.966. The number of nitrogens with one attached hydrogen (secondary N) is 1. The molecule has 0 saturated carbocycles. The molecule has 1 aromatic heterocycles. The standard InChI is InChI=1S/C17H22N4O3/c1-23-16-10-14(12-24-15-5-3-2-4-13(15)11-22)19-17(20-16)21-8-6-18-7-9-21/h2-5,10,18,22H,6-9,11-12H2,1H3. The molecular formula is C17H22N4O3. The first-order chi connectivity index (χ1) is 11.8. The van der Waals surface area contributed by atoms with Crippen LogP contribution < -0.4 is 19.7 Å². The van der Waals surface area contributed by atoms with Gasteiger partial charge in [-0.3, -0.25) is 0 Å². The number of hydrogen-bond acceptors (Lipinski definition) is 7. The lowest BCUT2D eigenvalue weighted by molar-refractivity contribution is 0.257. The summed E-state index contributed by atoms with van der Waals surface area (Å²) in [6, 6.07) is 9.19. The average Bonchev–Trinajstić information content (AvgIpc) is 2.67. The number of para-hydroxylation sites is 1. The summed E-state index contributed by atoms with van der Waals surface area (Å²) in [5.74, 6) is 1.83. The fraction of sp³-hybridized carbons (Fsp3) is 0.412. The molecule has 7 heteroatoms. The van der Waals surface area contributed by atoms with Crippen molar-refractivity contribution < 1.29 is 14.6 Å². The zero-order chi connectivity index (χ0) is 16.8. The number of aromatic nitrogens is 2. The number of methoxy groups -OCH3 is 1. The number of rotatable bonds is 6. The van der Waals surface area contributed by atoms with Gasteiger partial charge in [-0.1, -0.05) is 18.2 Å². The summed E-state index contributed by atoms with van der Waals surface area (Å²) in [6.07, 6.45) is 0. The van der Waals surface area contributed by atoms with Crippen LogP contribution in [0.15, 0.2) is 30.3 Å². The van der Waals surface area contributed by atoms with Gasteiger partial charge in [-0.05, 0) is 6.07 Å². The van der Waals surface area contributed by atoms with Gasteiger partial charge in [0.15, 0.2) is 0 Å². The average molecular weight is 330 g/mol. The smallest absolute Gasteiger partial charge is 0.229 e. The summed E-state index contributed by atoms with van der Waals surface area (Å²) >= 11 is 0. The van der Waals surface area contributed by atoms with E-state index in [1.807, 2.05) is 24.3 Å². The second-order valence-electron chi connectivity index (χ2n) is 5.49. The molecule has 128 valence electrons. The van der Waals surface area contributed by atoms with E-state index in [2.05, 4.69) is 20.2 Å². The molecule has 1 aromatic carbocycles. The molecule has 1 saturated heterocycles. The van der Waals surface area contributed by atoms with E-state index in [4.69, 9.17) is 9.47 Å². The Morgan fingerprint density at radius 3 is 2.75 bits per heavy atom. The molecule has 2 aromatic rings. The maximum absolute atomic E-state index is 9.37. The van der Waals surface area contributed by atoms with Gasteiger partial charge in [-0.15, -0.1) is 0 Å². The molecule has 0 atom stereocenters. The molecule has 0 radical (unpaired) electrons. The molecule has 1 aliphatic rings. The summed E-state index contributed by atoms with van der Waals surface area (Å²) in [7, 11) is 1.59. The van der Waals surface area contributed by atoms with Crippen LogP contribution in [0.25, 0.3) is 0 Å². The first kappa shape index (κ1) is 16.5. The van der Waals surface area contributed by atoms with Crippen molar-refractivity contribution in [2.75, 3.05) is 38.2 Å². The molecule has 24 heavy (non-hydrogen) atoms. The van der Waals surface area contributed by atoms with Gasteiger partial charge in [0.1, 0.15) is 12.4 Å². The van der Waals surface area contributed by atoms with E-state index in [0.717, 1.165) is 37.4 Å². The van der Waals surface area contributed by atoms with Gasteiger partial charge >= 0.3 is 0 Å². The number of ether oxygens (including phenoxy) is 2. The molecule has 0 bridgehead atoms. The zero-order valence-electron chi connectivity index (χ0n) is 13.7. The van der Waals surface area contributed by atoms with Crippen molar-refractivity contribution in [1.82, 2.24) is 15.3 Å². The van der Waals surface area contributed by atoms with Crippen LogP contribution in [0, 0.1) is 0 Å². The zero-order valence-corrected chi connectivity index (χ0v) is 13.7. The van der Waals surface area contributed by atoms with Crippen molar-refractivity contribution in [2.24, 2.45) is 0 Å². The van der Waals surface area contributed by atoms with Crippen LogP contribution in [0.3, 0.4) is 0 Å². The molecule has 0 amide bonds. The molecule has 2 N–H and O–H groups in total. The third kappa shape index (κ3) is 3.93. The van der Waals surface area contributed by atoms with Gasteiger partial charge in [-0.25, -0.2) is 4.98 Å². The number of anilines is 1. The topological polar surface area (TPSA) is 79.7 Å². The third-order valence-corrected chi connectivity index (χ3v) is 3.87. The fourth-order valence-corrected chi connectivity index (χ4v) is 2.57. The van der Waals surface area contributed by atoms with Crippen LogP contribution in [-0.2, 0) is 13.2 Å². The minimum absolute atomic E-state index is 0.0602. The summed E-state index contributed by atoms with van der Waals surface area (Å²) in [4.78, 5) is 11.2. The van der Waals surface area contributed by atoms with Crippen LogP contribution in [0.4, 0.5) is 5.95 Å². The quantitative estimate of drug-likeness (QED) is 0.817. The highest BCUT2D eigenvalue weighted by molar-refractivity contribution is 5.36. The Balaban J connectivity index is 1.77. The molecular weight excluding hydrogens is 308 g/mol. The number of benzene rings is 1. The highest BCUT2D eigenvalue weighted by atomic mass is 16.5. The van der Waals surface area contributed by atoms with E-state index in [0.29, 0.717) is 17.6 Å². The Morgan fingerprint density at radius 1 is 1.21 bits per heavy atom. The summed E-state index contributed by atoms with van der Waals surface area (Å²) in [5, 5.41) is 12.7. The van der Waals surface area contributed by atoms with Crippen molar-refractivity contribution in [3.8, 4) is 11.6 Å². The van der Waals surface area contributed by atoms with Crippen molar-refractivity contribution in [3.05, 3.63) is 41.6 Å². The molecule has 1 aliphatic heterocycles. The van der Waals surface area contributed by atoms with Gasteiger partial charge < -0.3 is 24.8 Å². The highest BCUT2D eigenvalue weighted by Crippen LogP contribution is 2.21. The normalized spacial score (nSPS) is 14.5. The Hall–Kier alpha value is -2.38. The van der Waals surface area contributed by atoms with Crippen LogP contribution in [0.2, 0.25) is 0 Å². The number of nitrogens with zero attached hydrogens (tertiary/aromatic N) is 3. The van der Waals surface area contributed by atoms with E-state index in [-0.39, 0.29) is 13.2 Å². The number of piperazine rings is 1. The molecule has 0 aliphatic carbocycles. The fourth-order valence-electron chi connectivity index (χ4n) is 2.57. The lowest BCUT2D eigenvalue weighted by Crippen LogP contribution is -2.44. The minimum atomic E-state index is -0.0602. The van der Waals surface area contributed by atoms with Crippen LogP contribution in [-0.4, -0.2) is 48.4 Å². The lowest BCUT2D eigenvalue weighted by Gasteiger charge is -2.27. The number of aliphatic hydroxyl groups excluding tert-OH is 1. The van der Waals surface area contributed by atoms with Crippen LogP contribution in [0.5, 0.6) is 11.6 Å². The van der Waals surface area contributed by atoms with Crippen molar-refractivity contribution in [3.63, 3.8) is 0 Å². The Bertz CT molecular complexity index is 675. The Kier molecular flexibility index (Phi) is 5.45. The number of hydrogen-bond donors (Lipinski definition) is 2. The predicted molar refractivity (Wildman–Crippen MR) is 90.4 cm³/mol. The summed E-state index contributed by atoms with van der Waals surface area (Å²) < 4.78 is 11.1. The van der Waals surface area contributed by atoms with Gasteiger partial charge in [0.05, 0.1) is 19.4 Å². The van der Waals surface area contributed by atoms with Gasteiger partial charge in [-0.2, -0.15) is 4.98 Å². The molecule has 2 heterocycles. The first-order valence-electron chi connectivity index (χ1n) is 7.99. The molecule has 1 fully saturated rings. The maximum atomic E-state index is 9.37. The SMILES string of the molecule is COc1cc(COc2ccccc2CO)nc(N2CCNCC2)n1. The van der Waals surface area contributed by atoms with Crippen molar-refractivity contribution in [1.29, 1.82) is 0 Å². The highest BCUT2D eigenvalue weighted by Gasteiger charge is 2.15. The van der Waals surface area contributed by atoms with Crippen LogP contribution >= 0.6 is 0 Å². The monoisotopic (exact) mass is 330 g/mol. The molecule has 7 nitrogen and oxygen atoms in total. The van der Waals surface area contributed by atoms with Gasteiger partial charge in [0.25, 0.3) is 0 Å². The number of aliphatic hydroxyl groups is 1.